The molecule has 1 aromatic heterocycles. The van der Waals surface area contributed by atoms with E-state index >= 15 is 0 Å². The average Bonchev–Trinajstić information content (AvgIpc) is 2.80. The van der Waals surface area contributed by atoms with Crippen molar-refractivity contribution >= 4 is 23.2 Å². The third-order valence-corrected chi connectivity index (χ3v) is 5.21. The number of nitrogens with one attached hydrogen (secondary N) is 2. The second-order valence-corrected chi connectivity index (χ2v) is 7.55. The minimum atomic E-state index is -0.410. The molecule has 164 valence electrons. The highest BCUT2D eigenvalue weighted by Gasteiger charge is 2.26. The number of nitrogens with zero attached hydrogens (tertiary/aromatic N) is 1. The minimum absolute atomic E-state index is 0.259. The zero-order chi connectivity index (χ0) is 23.4. The molecule has 6 heteroatoms. The second kappa shape index (κ2) is 9.44. The fourth-order valence-electron chi connectivity index (χ4n) is 3.74. The lowest BCUT2D eigenvalue weighted by Crippen LogP contribution is -2.22. The van der Waals surface area contributed by atoms with Crippen molar-refractivity contribution < 1.29 is 14.0 Å². The molecule has 33 heavy (non-hydrogen) atoms. The molecule has 0 aliphatic heterocycles. The number of aryl methyl sites for hydroxylation is 2. The Morgan fingerprint density at radius 2 is 1.09 bits per heavy atom. The van der Waals surface area contributed by atoms with Crippen LogP contribution in [0.15, 0.2) is 84.9 Å². The van der Waals surface area contributed by atoms with Gasteiger partial charge in [0.15, 0.2) is 0 Å². The molecule has 0 bridgehead atoms. The predicted octanol–water partition coefficient (Wildman–Crippen LogP) is 6.01. The summed E-state index contributed by atoms with van der Waals surface area (Å²) in [5.74, 6) is -1.22. The summed E-state index contributed by atoms with van der Waals surface area (Å²) in [5, 5.41) is 5.74. The summed E-state index contributed by atoms with van der Waals surface area (Å²) >= 11 is 0. The summed E-state index contributed by atoms with van der Waals surface area (Å²) in [6.45, 7) is 3.44. The van der Waals surface area contributed by atoms with E-state index in [2.05, 4.69) is 15.6 Å². The van der Waals surface area contributed by atoms with E-state index in [4.69, 9.17) is 0 Å². The maximum atomic E-state index is 13.7. The van der Waals surface area contributed by atoms with Gasteiger partial charge in [0.25, 0.3) is 11.8 Å². The number of hydrogen-bond donors (Lipinski definition) is 2. The van der Waals surface area contributed by atoms with Crippen LogP contribution in [0.2, 0.25) is 0 Å². The number of aromatic nitrogens is 1. The molecular weight excluding hydrogens is 417 g/mol. The van der Waals surface area contributed by atoms with Gasteiger partial charge in [0, 0.05) is 16.9 Å². The predicted molar refractivity (Wildman–Crippen MR) is 128 cm³/mol. The molecule has 0 saturated heterocycles. The lowest BCUT2D eigenvalue weighted by molar-refractivity contribution is 0.102. The molecule has 4 aromatic rings. The molecule has 0 unspecified atom stereocenters. The number of carbonyl (C=O) groups is 2. The molecule has 0 spiro atoms. The Kier molecular flexibility index (Phi) is 6.26. The molecule has 4 rings (SSSR count). The number of carbonyl (C=O) groups excluding carboxylic acids is 2. The molecule has 0 aliphatic rings. The van der Waals surface area contributed by atoms with E-state index in [-0.39, 0.29) is 11.1 Å². The number of rotatable bonds is 5. The van der Waals surface area contributed by atoms with Crippen LogP contribution in [0.5, 0.6) is 0 Å². The molecule has 0 radical (unpaired) electrons. The summed E-state index contributed by atoms with van der Waals surface area (Å²) < 4.78 is 13.7. The Labute approximate surface area is 191 Å². The van der Waals surface area contributed by atoms with E-state index < -0.39 is 17.6 Å². The molecule has 0 fully saturated rings. The Balaban J connectivity index is 1.88. The van der Waals surface area contributed by atoms with Crippen LogP contribution in [-0.2, 0) is 0 Å². The SMILES string of the molecule is Cc1nc(C)c(C(=O)Nc2ccccc2)c(-c2ccc(F)cc2)c1C(=O)Nc1ccccc1. The topological polar surface area (TPSA) is 71.1 Å². The zero-order valence-corrected chi connectivity index (χ0v) is 18.2. The highest BCUT2D eigenvalue weighted by Crippen LogP contribution is 2.33. The molecule has 1 heterocycles. The van der Waals surface area contributed by atoms with Crippen LogP contribution in [0.25, 0.3) is 11.1 Å². The summed E-state index contributed by atoms with van der Waals surface area (Å²) in [5.41, 5.74) is 3.63. The molecule has 3 aromatic carbocycles. The van der Waals surface area contributed by atoms with Crippen LogP contribution >= 0.6 is 0 Å². The van der Waals surface area contributed by atoms with E-state index in [9.17, 15) is 14.0 Å². The van der Waals surface area contributed by atoms with Gasteiger partial charge in [0.1, 0.15) is 5.82 Å². The monoisotopic (exact) mass is 439 g/mol. The van der Waals surface area contributed by atoms with Crippen molar-refractivity contribution in [1.82, 2.24) is 4.98 Å². The van der Waals surface area contributed by atoms with Crippen molar-refractivity contribution in [3.05, 3.63) is 113 Å². The maximum absolute atomic E-state index is 13.7. The Morgan fingerprint density at radius 3 is 1.52 bits per heavy atom. The molecule has 2 amide bonds. The highest BCUT2D eigenvalue weighted by atomic mass is 19.1. The Hall–Kier alpha value is -4.32. The maximum Gasteiger partial charge on any atom is 0.258 e. The first-order valence-corrected chi connectivity index (χ1v) is 10.4. The van der Waals surface area contributed by atoms with E-state index in [0.717, 1.165) is 0 Å². The van der Waals surface area contributed by atoms with Crippen LogP contribution < -0.4 is 10.6 Å². The highest BCUT2D eigenvalue weighted by molar-refractivity contribution is 6.16. The summed E-state index contributed by atoms with van der Waals surface area (Å²) in [6.07, 6.45) is 0. The van der Waals surface area contributed by atoms with Crippen LogP contribution in [0.1, 0.15) is 32.1 Å². The molecular formula is C27H22FN3O2. The minimum Gasteiger partial charge on any atom is -0.322 e. The van der Waals surface area contributed by atoms with Crippen LogP contribution in [0.3, 0.4) is 0 Å². The van der Waals surface area contributed by atoms with Gasteiger partial charge in [-0.2, -0.15) is 0 Å². The zero-order valence-electron chi connectivity index (χ0n) is 18.2. The van der Waals surface area contributed by atoms with Crippen LogP contribution in [-0.4, -0.2) is 16.8 Å². The molecule has 2 N–H and O–H groups in total. The number of amides is 2. The first-order chi connectivity index (χ1) is 15.9. The van der Waals surface area contributed by atoms with Gasteiger partial charge in [-0.3, -0.25) is 14.6 Å². The van der Waals surface area contributed by atoms with Gasteiger partial charge in [-0.05, 0) is 55.8 Å². The third-order valence-electron chi connectivity index (χ3n) is 5.21. The van der Waals surface area contributed by atoms with Gasteiger partial charge in [-0.25, -0.2) is 4.39 Å². The molecule has 0 atom stereocenters. The number of halogens is 1. The summed E-state index contributed by atoms with van der Waals surface area (Å²) in [4.78, 5) is 31.3. The number of benzene rings is 3. The number of pyridine rings is 1. The van der Waals surface area contributed by atoms with Gasteiger partial charge in [0.05, 0.1) is 22.5 Å². The quantitative estimate of drug-likeness (QED) is 0.400. The van der Waals surface area contributed by atoms with Gasteiger partial charge < -0.3 is 10.6 Å². The summed E-state index contributed by atoms with van der Waals surface area (Å²) in [6, 6.07) is 23.8. The molecule has 0 aliphatic carbocycles. The van der Waals surface area contributed by atoms with Crippen molar-refractivity contribution in [1.29, 1.82) is 0 Å². The average molecular weight is 439 g/mol. The number of anilines is 2. The van der Waals surface area contributed by atoms with Crippen molar-refractivity contribution in [3.8, 4) is 11.1 Å². The fraction of sp³-hybridized carbons (Fsp3) is 0.0741. The first kappa shape index (κ1) is 21.9. The van der Waals surface area contributed by atoms with E-state index in [1.165, 1.54) is 12.1 Å². The molecule has 0 saturated carbocycles. The normalized spacial score (nSPS) is 10.5. The van der Waals surface area contributed by atoms with Gasteiger partial charge in [-0.15, -0.1) is 0 Å². The van der Waals surface area contributed by atoms with E-state index in [1.54, 1.807) is 50.2 Å². The van der Waals surface area contributed by atoms with Crippen LogP contribution in [0.4, 0.5) is 15.8 Å². The summed E-state index contributed by atoms with van der Waals surface area (Å²) in [7, 11) is 0. The largest absolute Gasteiger partial charge is 0.322 e. The number of para-hydroxylation sites is 2. The Morgan fingerprint density at radius 1 is 0.667 bits per heavy atom. The Bertz CT molecular complexity index is 1230. The molecule has 5 nitrogen and oxygen atoms in total. The lowest BCUT2D eigenvalue weighted by Gasteiger charge is -2.19. The smallest absolute Gasteiger partial charge is 0.258 e. The fourth-order valence-corrected chi connectivity index (χ4v) is 3.74. The van der Waals surface area contributed by atoms with Gasteiger partial charge in [0.2, 0.25) is 0 Å². The number of hydrogen-bond acceptors (Lipinski definition) is 3. The van der Waals surface area contributed by atoms with Crippen molar-refractivity contribution in [2.24, 2.45) is 0 Å². The second-order valence-electron chi connectivity index (χ2n) is 7.55. The standard InChI is InChI=1S/C27H22FN3O2/c1-17-23(26(32)30-21-9-5-3-6-10-21)25(19-13-15-20(28)16-14-19)24(18(2)29-17)27(33)31-22-11-7-4-8-12-22/h3-16H,1-2H3,(H,30,32)(H,31,33). The van der Waals surface area contributed by atoms with E-state index in [0.29, 0.717) is 33.9 Å². The first-order valence-electron chi connectivity index (χ1n) is 10.4. The van der Waals surface area contributed by atoms with Gasteiger partial charge in [-0.1, -0.05) is 48.5 Å². The van der Waals surface area contributed by atoms with Crippen molar-refractivity contribution in [2.75, 3.05) is 10.6 Å². The van der Waals surface area contributed by atoms with Crippen molar-refractivity contribution in [3.63, 3.8) is 0 Å². The van der Waals surface area contributed by atoms with Crippen LogP contribution in [0, 0.1) is 19.7 Å². The lowest BCUT2D eigenvalue weighted by atomic mass is 9.91. The van der Waals surface area contributed by atoms with Crippen molar-refractivity contribution in [2.45, 2.75) is 13.8 Å². The van der Waals surface area contributed by atoms with E-state index in [1.807, 2.05) is 36.4 Å². The van der Waals surface area contributed by atoms with Gasteiger partial charge >= 0.3 is 0 Å². The third kappa shape index (κ3) is 4.80.